The molecule has 0 fully saturated rings. The van der Waals surface area contributed by atoms with Gasteiger partial charge in [-0.3, -0.25) is 4.98 Å². The first kappa shape index (κ1) is 14.7. The first-order chi connectivity index (χ1) is 9.47. The van der Waals surface area contributed by atoms with E-state index in [1.54, 1.807) is 13.8 Å². The summed E-state index contributed by atoms with van der Waals surface area (Å²) in [6.45, 7) is 7.24. The highest BCUT2D eigenvalue weighted by molar-refractivity contribution is 5.26. The Kier molecular flexibility index (Phi) is 4.53. The van der Waals surface area contributed by atoms with Crippen LogP contribution in [0.5, 0.6) is 0 Å². The van der Waals surface area contributed by atoms with Crippen molar-refractivity contribution < 1.29 is 5.11 Å². The molecule has 20 heavy (non-hydrogen) atoms. The van der Waals surface area contributed by atoms with Crippen molar-refractivity contribution in [3.8, 4) is 0 Å². The van der Waals surface area contributed by atoms with Crippen molar-refractivity contribution in [1.82, 2.24) is 10.3 Å². The summed E-state index contributed by atoms with van der Waals surface area (Å²) in [4.78, 5) is 4.28. The summed E-state index contributed by atoms with van der Waals surface area (Å²) in [7, 11) is 0. The highest BCUT2D eigenvalue weighted by Gasteiger charge is 2.14. The summed E-state index contributed by atoms with van der Waals surface area (Å²) in [5.74, 6) is 0. The van der Waals surface area contributed by atoms with Gasteiger partial charge in [-0.1, -0.05) is 30.3 Å². The minimum Gasteiger partial charge on any atom is -0.386 e. The van der Waals surface area contributed by atoms with Crippen LogP contribution < -0.4 is 5.32 Å². The van der Waals surface area contributed by atoms with E-state index in [0.29, 0.717) is 0 Å². The number of nitrogens with zero attached hydrogens (tertiary/aromatic N) is 1. The predicted octanol–water partition coefficient (Wildman–Crippen LogP) is 2.91. The third-order valence-electron chi connectivity index (χ3n) is 3.42. The first-order valence-electron chi connectivity index (χ1n) is 6.90. The quantitative estimate of drug-likeness (QED) is 0.878. The second-order valence-electron chi connectivity index (χ2n) is 5.61. The Balaban J connectivity index is 1.90. The predicted molar refractivity (Wildman–Crippen MR) is 81.2 cm³/mol. The number of pyridine rings is 1. The van der Waals surface area contributed by atoms with Gasteiger partial charge in [0.15, 0.2) is 0 Å². The molecule has 1 aromatic carbocycles. The van der Waals surface area contributed by atoms with Crippen molar-refractivity contribution in [3.05, 3.63) is 65.0 Å². The molecule has 0 unspecified atom stereocenters. The van der Waals surface area contributed by atoms with E-state index in [9.17, 15) is 5.11 Å². The van der Waals surface area contributed by atoms with Gasteiger partial charge in [0.2, 0.25) is 0 Å². The van der Waals surface area contributed by atoms with Crippen LogP contribution in [0, 0.1) is 6.92 Å². The van der Waals surface area contributed by atoms with E-state index in [4.69, 9.17) is 0 Å². The molecule has 0 spiro atoms. The molecule has 1 heterocycles. The molecule has 106 valence electrons. The lowest BCUT2D eigenvalue weighted by molar-refractivity contribution is 0.0786. The van der Waals surface area contributed by atoms with Gasteiger partial charge in [-0.05, 0) is 43.5 Å². The maximum atomic E-state index is 9.91. The van der Waals surface area contributed by atoms with Crippen molar-refractivity contribution >= 4 is 0 Å². The molecule has 0 saturated carbocycles. The smallest absolute Gasteiger partial charge is 0.0840 e. The van der Waals surface area contributed by atoms with Crippen LogP contribution >= 0.6 is 0 Å². The molecule has 3 heteroatoms. The first-order valence-corrected chi connectivity index (χ1v) is 6.90. The van der Waals surface area contributed by atoms with E-state index in [2.05, 4.69) is 28.5 Å². The number of benzene rings is 1. The van der Waals surface area contributed by atoms with Gasteiger partial charge in [-0.2, -0.15) is 0 Å². The molecular weight excluding hydrogens is 248 g/mol. The number of aromatic nitrogens is 1. The fourth-order valence-electron chi connectivity index (χ4n) is 2.08. The monoisotopic (exact) mass is 270 g/mol. The Labute approximate surface area is 120 Å². The molecule has 2 N–H and O–H groups in total. The Morgan fingerprint density at radius 1 is 1.10 bits per heavy atom. The normalized spacial score (nSPS) is 11.6. The van der Waals surface area contributed by atoms with Gasteiger partial charge in [-0.15, -0.1) is 0 Å². The maximum absolute atomic E-state index is 9.91. The summed E-state index contributed by atoms with van der Waals surface area (Å²) in [5.41, 5.74) is 3.65. The number of aryl methyl sites for hydroxylation is 1. The minimum absolute atomic E-state index is 0.779. The molecule has 0 saturated heterocycles. The summed E-state index contributed by atoms with van der Waals surface area (Å²) < 4.78 is 0. The van der Waals surface area contributed by atoms with E-state index in [-0.39, 0.29) is 0 Å². The summed E-state index contributed by atoms with van der Waals surface area (Å²) in [6.07, 6.45) is 1.81. The van der Waals surface area contributed by atoms with Crippen molar-refractivity contribution in [2.75, 3.05) is 0 Å². The van der Waals surface area contributed by atoms with Crippen LogP contribution in [0.2, 0.25) is 0 Å². The molecule has 0 atom stereocenters. The van der Waals surface area contributed by atoms with Crippen LogP contribution in [-0.4, -0.2) is 10.1 Å². The van der Waals surface area contributed by atoms with Gasteiger partial charge >= 0.3 is 0 Å². The molecule has 1 aromatic heterocycles. The second kappa shape index (κ2) is 6.16. The van der Waals surface area contributed by atoms with Gasteiger partial charge in [0.1, 0.15) is 0 Å². The number of rotatable bonds is 5. The van der Waals surface area contributed by atoms with E-state index in [1.807, 2.05) is 31.3 Å². The summed E-state index contributed by atoms with van der Waals surface area (Å²) in [6, 6.07) is 12.1. The van der Waals surface area contributed by atoms with Gasteiger partial charge in [0.05, 0.1) is 5.60 Å². The SMILES string of the molecule is Cc1ncccc1CNCc1ccc(C(C)(C)O)cc1. The lowest BCUT2D eigenvalue weighted by Gasteiger charge is -2.18. The molecule has 2 aromatic rings. The number of aliphatic hydroxyl groups is 1. The van der Waals surface area contributed by atoms with E-state index in [0.717, 1.165) is 24.3 Å². The zero-order chi connectivity index (χ0) is 14.6. The molecular formula is C17H22N2O. The Morgan fingerprint density at radius 2 is 1.80 bits per heavy atom. The minimum atomic E-state index is -0.779. The van der Waals surface area contributed by atoms with Gasteiger partial charge in [0.25, 0.3) is 0 Å². The average Bonchev–Trinajstić information content (AvgIpc) is 2.40. The lowest BCUT2D eigenvalue weighted by Crippen LogP contribution is -2.16. The second-order valence-corrected chi connectivity index (χ2v) is 5.61. The van der Waals surface area contributed by atoms with Crippen molar-refractivity contribution in [3.63, 3.8) is 0 Å². The van der Waals surface area contributed by atoms with Gasteiger partial charge < -0.3 is 10.4 Å². The maximum Gasteiger partial charge on any atom is 0.0840 e. The van der Waals surface area contributed by atoms with Gasteiger partial charge in [-0.25, -0.2) is 0 Å². The zero-order valence-electron chi connectivity index (χ0n) is 12.4. The summed E-state index contributed by atoms with van der Waals surface area (Å²) >= 11 is 0. The molecule has 0 radical (unpaired) electrons. The fraction of sp³-hybridized carbons (Fsp3) is 0.353. The van der Waals surface area contributed by atoms with Crippen LogP contribution in [0.1, 0.15) is 36.2 Å². The molecule has 0 bridgehead atoms. The third-order valence-corrected chi connectivity index (χ3v) is 3.42. The third kappa shape index (κ3) is 3.89. The number of hydrogen-bond acceptors (Lipinski definition) is 3. The number of nitrogens with one attached hydrogen (secondary N) is 1. The van der Waals surface area contributed by atoms with E-state index in [1.165, 1.54) is 11.1 Å². The van der Waals surface area contributed by atoms with Crippen LogP contribution in [0.25, 0.3) is 0 Å². The highest BCUT2D eigenvalue weighted by Crippen LogP contribution is 2.19. The molecule has 0 aliphatic heterocycles. The number of hydrogen-bond donors (Lipinski definition) is 2. The Hall–Kier alpha value is -1.71. The van der Waals surface area contributed by atoms with Crippen LogP contribution in [0.15, 0.2) is 42.6 Å². The van der Waals surface area contributed by atoms with Crippen molar-refractivity contribution in [1.29, 1.82) is 0 Å². The molecule has 0 aliphatic rings. The molecule has 0 amide bonds. The van der Waals surface area contributed by atoms with Crippen molar-refractivity contribution in [2.24, 2.45) is 0 Å². The molecule has 0 aliphatic carbocycles. The largest absolute Gasteiger partial charge is 0.386 e. The molecule has 3 nitrogen and oxygen atoms in total. The van der Waals surface area contributed by atoms with Crippen LogP contribution in [-0.2, 0) is 18.7 Å². The van der Waals surface area contributed by atoms with E-state index >= 15 is 0 Å². The van der Waals surface area contributed by atoms with Crippen molar-refractivity contribution in [2.45, 2.75) is 39.5 Å². The Bertz CT molecular complexity index is 556. The van der Waals surface area contributed by atoms with Gasteiger partial charge in [0, 0.05) is 25.0 Å². The standard InChI is InChI=1S/C17H22N2O/c1-13-15(5-4-10-19-13)12-18-11-14-6-8-16(9-7-14)17(2,3)20/h4-10,18,20H,11-12H2,1-3H3. The Morgan fingerprint density at radius 3 is 2.40 bits per heavy atom. The topological polar surface area (TPSA) is 45.2 Å². The van der Waals surface area contributed by atoms with E-state index < -0.39 is 5.60 Å². The average molecular weight is 270 g/mol. The van der Waals surface area contributed by atoms with Crippen LogP contribution in [0.4, 0.5) is 0 Å². The summed E-state index contributed by atoms with van der Waals surface area (Å²) in [5, 5.41) is 13.3. The molecule has 2 rings (SSSR count). The van der Waals surface area contributed by atoms with Crippen LogP contribution in [0.3, 0.4) is 0 Å². The fourth-order valence-corrected chi connectivity index (χ4v) is 2.08. The lowest BCUT2D eigenvalue weighted by atomic mass is 9.97. The highest BCUT2D eigenvalue weighted by atomic mass is 16.3. The zero-order valence-corrected chi connectivity index (χ0v) is 12.4.